The fourth-order valence-corrected chi connectivity index (χ4v) is 1.53. The molecule has 66 valence electrons. The van der Waals surface area contributed by atoms with Crippen LogP contribution in [-0.2, 0) is 20.3 Å². The van der Waals surface area contributed by atoms with Crippen molar-refractivity contribution in [1.82, 2.24) is 0 Å². The van der Waals surface area contributed by atoms with Gasteiger partial charge in [-0.25, -0.2) is 0 Å². The van der Waals surface area contributed by atoms with E-state index in [0.29, 0.717) is 5.75 Å². The molecule has 0 spiro atoms. The first kappa shape index (κ1) is 10.6. The van der Waals surface area contributed by atoms with Crippen molar-refractivity contribution in [1.29, 1.82) is 0 Å². The maximum atomic E-state index is 11.0. The highest BCUT2D eigenvalue weighted by atomic mass is 32.2. The van der Waals surface area contributed by atoms with Crippen LogP contribution in [0.4, 0.5) is 0 Å². The summed E-state index contributed by atoms with van der Waals surface area (Å²) in [5.74, 6) is -0.715. The zero-order chi connectivity index (χ0) is 8.85. The van der Waals surface area contributed by atoms with Crippen LogP contribution >= 0.6 is 0 Å². The molecule has 0 aromatic rings. The van der Waals surface area contributed by atoms with Crippen molar-refractivity contribution in [3.8, 4) is 0 Å². The van der Waals surface area contributed by atoms with Crippen molar-refractivity contribution in [2.75, 3.05) is 19.5 Å². The van der Waals surface area contributed by atoms with Crippen molar-refractivity contribution in [2.24, 2.45) is 0 Å². The van der Waals surface area contributed by atoms with Gasteiger partial charge in [0.15, 0.2) is 5.25 Å². The average molecular weight is 180 g/mol. The predicted molar refractivity (Wildman–Crippen MR) is 42.0 cm³/mol. The van der Waals surface area contributed by atoms with Gasteiger partial charge in [-0.05, 0) is 0 Å². The summed E-state index contributed by atoms with van der Waals surface area (Å²) < 4.78 is 15.6. The molecule has 0 saturated heterocycles. The topological polar surface area (TPSA) is 63.6 Å². The highest BCUT2D eigenvalue weighted by molar-refractivity contribution is 7.86. The average Bonchev–Trinajstić information content (AvgIpc) is 1.98. The molecule has 2 atom stereocenters. The maximum absolute atomic E-state index is 11.0. The van der Waals surface area contributed by atoms with Gasteiger partial charge in [0, 0.05) is 23.7 Å². The van der Waals surface area contributed by atoms with Gasteiger partial charge in [-0.15, -0.1) is 0 Å². The third-order valence-electron chi connectivity index (χ3n) is 1.20. The van der Waals surface area contributed by atoms with Gasteiger partial charge in [0.1, 0.15) is 0 Å². The highest BCUT2D eigenvalue weighted by Crippen LogP contribution is 1.97. The van der Waals surface area contributed by atoms with Crippen LogP contribution in [0.2, 0.25) is 0 Å². The molecule has 0 aromatic heterocycles. The van der Waals surface area contributed by atoms with Crippen molar-refractivity contribution in [3.63, 3.8) is 0 Å². The summed E-state index contributed by atoms with van der Waals surface area (Å²) in [5.41, 5.74) is 0. The van der Waals surface area contributed by atoms with E-state index < -0.39 is 22.0 Å². The third kappa shape index (κ3) is 3.48. The molecule has 0 fully saturated rings. The van der Waals surface area contributed by atoms with Gasteiger partial charge < -0.3 is 9.84 Å². The number of aliphatic carboxylic acids is 1. The lowest BCUT2D eigenvalue weighted by atomic mass is 10.5. The van der Waals surface area contributed by atoms with Gasteiger partial charge in [-0.1, -0.05) is 6.92 Å². The van der Waals surface area contributed by atoms with Gasteiger partial charge in [0.2, 0.25) is 0 Å². The van der Waals surface area contributed by atoms with Gasteiger partial charge >= 0.3 is 5.97 Å². The van der Waals surface area contributed by atoms with E-state index in [4.69, 9.17) is 5.11 Å². The Morgan fingerprint density at radius 1 is 1.73 bits per heavy atom. The summed E-state index contributed by atoms with van der Waals surface area (Å²) in [6.45, 7) is 1.69. The van der Waals surface area contributed by atoms with Crippen molar-refractivity contribution < 1.29 is 18.8 Å². The van der Waals surface area contributed by atoms with E-state index in [0.717, 1.165) is 0 Å². The van der Waals surface area contributed by atoms with Crippen LogP contribution in [0.25, 0.3) is 0 Å². The largest absolute Gasteiger partial charge is 0.480 e. The fraction of sp³-hybridized carbons (Fsp3) is 0.833. The van der Waals surface area contributed by atoms with E-state index in [1.54, 1.807) is 6.92 Å². The van der Waals surface area contributed by atoms with Crippen LogP contribution in [0.1, 0.15) is 6.92 Å². The van der Waals surface area contributed by atoms with E-state index in [9.17, 15) is 9.00 Å². The molecule has 0 radical (unpaired) electrons. The standard InChI is InChI=1S/C6H12O4S/c1-3-11(9)5(4-10-2)6(7)8/h5H,3-4H2,1-2H3,(H,7,8). The number of carbonyl (C=O) groups is 1. The van der Waals surface area contributed by atoms with Crippen LogP contribution in [0.15, 0.2) is 0 Å². The Bertz CT molecular complexity index is 157. The first-order valence-electron chi connectivity index (χ1n) is 3.22. The summed E-state index contributed by atoms with van der Waals surface area (Å²) in [4.78, 5) is 10.4. The minimum atomic E-state index is -1.32. The van der Waals surface area contributed by atoms with Gasteiger partial charge in [0.05, 0.1) is 6.61 Å². The number of hydrogen-bond donors (Lipinski definition) is 1. The molecule has 11 heavy (non-hydrogen) atoms. The van der Waals surface area contributed by atoms with Gasteiger partial charge in [-0.2, -0.15) is 0 Å². The number of rotatable bonds is 5. The molecule has 0 bridgehead atoms. The van der Waals surface area contributed by atoms with Crippen LogP contribution in [0.3, 0.4) is 0 Å². The summed E-state index contributed by atoms with van der Waals surface area (Å²) in [6.07, 6.45) is 0. The molecule has 0 aliphatic carbocycles. The highest BCUT2D eigenvalue weighted by Gasteiger charge is 2.22. The van der Waals surface area contributed by atoms with E-state index in [1.165, 1.54) is 7.11 Å². The molecule has 0 aromatic carbocycles. The van der Waals surface area contributed by atoms with E-state index >= 15 is 0 Å². The molecule has 0 saturated carbocycles. The molecule has 0 aliphatic rings. The van der Waals surface area contributed by atoms with Crippen molar-refractivity contribution in [2.45, 2.75) is 12.2 Å². The van der Waals surface area contributed by atoms with Gasteiger partial charge in [0.25, 0.3) is 0 Å². The van der Waals surface area contributed by atoms with E-state index in [1.807, 2.05) is 0 Å². The number of carboxylic acid groups (broad SMARTS) is 1. The first-order valence-corrected chi connectivity index (χ1v) is 4.60. The van der Waals surface area contributed by atoms with Crippen molar-refractivity contribution in [3.05, 3.63) is 0 Å². The lowest BCUT2D eigenvalue weighted by molar-refractivity contribution is -0.137. The fourth-order valence-electron chi connectivity index (χ4n) is 0.612. The molecule has 4 nitrogen and oxygen atoms in total. The summed E-state index contributed by atoms with van der Waals surface area (Å²) in [5, 5.41) is 7.65. The third-order valence-corrected chi connectivity index (χ3v) is 2.74. The monoisotopic (exact) mass is 180 g/mol. The Morgan fingerprint density at radius 3 is 2.55 bits per heavy atom. The van der Waals surface area contributed by atoms with Crippen LogP contribution in [0.5, 0.6) is 0 Å². The molecular weight excluding hydrogens is 168 g/mol. The van der Waals surface area contributed by atoms with Gasteiger partial charge in [-0.3, -0.25) is 9.00 Å². The quantitative estimate of drug-likeness (QED) is 0.639. The minimum Gasteiger partial charge on any atom is -0.480 e. The molecule has 0 aliphatic heterocycles. The number of carboxylic acids is 1. The normalized spacial score (nSPS) is 15.8. The summed E-state index contributed by atoms with van der Waals surface area (Å²) in [6, 6.07) is 0. The van der Waals surface area contributed by atoms with Crippen LogP contribution in [-0.4, -0.2) is 40.0 Å². The number of hydrogen-bond acceptors (Lipinski definition) is 3. The maximum Gasteiger partial charge on any atom is 0.321 e. The molecule has 0 amide bonds. The van der Waals surface area contributed by atoms with Crippen LogP contribution < -0.4 is 0 Å². The van der Waals surface area contributed by atoms with Crippen LogP contribution in [0, 0.1) is 0 Å². The lowest BCUT2D eigenvalue weighted by Gasteiger charge is -2.08. The predicted octanol–water partition coefficient (Wildman–Crippen LogP) is -0.145. The molecular formula is C6H12O4S. The second-order valence-electron chi connectivity index (χ2n) is 1.95. The second-order valence-corrected chi connectivity index (χ2v) is 3.86. The Morgan fingerprint density at radius 2 is 2.27 bits per heavy atom. The molecule has 1 N–H and O–H groups in total. The zero-order valence-electron chi connectivity index (χ0n) is 6.57. The summed E-state index contributed by atoms with van der Waals surface area (Å²) in [7, 11) is 0.0724. The number of methoxy groups -OCH3 is 1. The Hall–Kier alpha value is -0.420. The Kier molecular flexibility index (Phi) is 5.06. The molecule has 0 heterocycles. The smallest absolute Gasteiger partial charge is 0.321 e. The second kappa shape index (κ2) is 5.26. The molecule has 5 heteroatoms. The Balaban J connectivity index is 4.09. The molecule has 2 unspecified atom stereocenters. The zero-order valence-corrected chi connectivity index (χ0v) is 7.39. The SMILES string of the molecule is CCS(=O)C(COC)C(=O)O. The lowest BCUT2D eigenvalue weighted by Crippen LogP contribution is -2.31. The number of ether oxygens (including phenoxy) is 1. The molecule has 0 rings (SSSR count). The minimum absolute atomic E-state index is 0.00971. The summed E-state index contributed by atoms with van der Waals surface area (Å²) >= 11 is 0. The Labute approximate surface area is 68.0 Å². The van der Waals surface area contributed by atoms with E-state index in [2.05, 4.69) is 4.74 Å². The van der Waals surface area contributed by atoms with E-state index in [-0.39, 0.29) is 6.61 Å². The first-order chi connectivity index (χ1) is 5.13. The van der Waals surface area contributed by atoms with Crippen molar-refractivity contribution >= 4 is 16.8 Å².